The third-order valence-electron chi connectivity index (χ3n) is 5.52. The monoisotopic (exact) mass is 403 g/mol. The number of rotatable bonds is 6. The molecule has 1 fully saturated rings. The molecule has 0 atom stereocenters. The topological polar surface area (TPSA) is 61.9 Å². The lowest BCUT2D eigenvalue weighted by Gasteiger charge is -2.33. The van der Waals surface area contributed by atoms with Gasteiger partial charge in [0.05, 0.1) is 0 Å². The number of benzene rings is 1. The van der Waals surface area contributed by atoms with E-state index in [1.807, 2.05) is 30.9 Å². The summed E-state index contributed by atoms with van der Waals surface area (Å²) in [6.45, 7) is 15.2. The number of carbonyl (C=O) groups is 2. The van der Waals surface area contributed by atoms with Gasteiger partial charge < -0.3 is 19.9 Å². The molecule has 1 heterocycles. The van der Waals surface area contributed by atoms with E-state index in [0.717, 1.165) is 24.2 Å². The van der Waals surface area contributed by atoms with Gasteiger partial charge in [-0.25, -0.2) is 4.79 Å². The summed E-state index contributed by atoms with van der Waals surface area (Å²) in [5.41, 5.74) is 2.25. The van der Waals surface area contributed by atoms with Crippen molar-refractivity contribution in [2.75, 3.05) is 32.8 Å². The zero-order chi connectivity index (χ0) is 21.6. The van der Waals surface area contributed by atoms with Gasteiger partial charge in [-0.3, -0.25) is 4.79 Å². The number of nitrogens with one attached hydrogen (secondary N) is 1. The highest BCUT2D eigenvalue weighted by Crippen LogP contribution is 2.32. The zero-order valence-electron chi connectivity index (χ0n) is 18.9. The van der Waals surface area contributed by atoms with Crippen LogP contribution in [0.25, 0.3) is 0 Å². The van der Waals surface area contributed by atoms with Gasteiger partial charge in [0.15, 0.2) is 6.61 Å². The van der Waals surface area contributed by atoms with E-state index in [2.05, 4.69) is 39.1 Å². The summed E-state index contributed by atoms with van der Waals surface area (Å²) in [6.07, 6.45) is 1.55. The van der Waals surface area contributed by atoms with E-state index in [1.54, 1.807) is 4.90 Å². The first-order valence-electron chi connectivity index (χ1n) is 10.7. The van der Waals surface area contributed by atoms with Crippen molar-refractivity contribution in [2.45, 2.75) is 65.8 Å². The molecule has 6 heteroatoms. The largest absolute Gasteiger partial charge is 0.483 e. The minimum absolute atomic E-state index is 0.000969. The standard InChI is InChI=1S/C23H37N3O3/c1-7-25(8-2)22(28)24-18-11-13-26(14-12-18)21(27)16-29-20-10-9-17(3)15-19(20)23(4,5)6/h9-10,15,18H,7-8,11-14,16H2,1-6H3,(H,24,28). The molecule has 1 aliphatic heterocycles. The van der Waals surface area contributed by atoms with E-state index in [9.17, 15) is 9.59 Å². The van der Waals surface area contributed by atoms with Gasteiger partial charge in [0.1, 0.15) is 5.75 Å². The first-order chi connectivity index (χ1) is 13.7. The average Bonchev–Trinajstić information content (AvgIpc) is 2.67. The van der Waals surface area contributed by atoms with Crippen LogP contribution in [0.3, 0.4) is 0 Å². The van der Waals surface area contributed by atoms with Crippen LogP contribution in [0.5, 0.6) is 5.75 Å². The van der Waals surface area contributed by atoms with Crippen molar-refractivity contribution < 1.29 is 14.3 Å². The molecule has 162 valence electrons. The van der Waals surface area contributed by atoms with Crippen molar-refractivity contribution >= 4 is 11.9 Å². The Kier molecular flexibility index (Phi) is 7.94. The summed E-state index contributed by atoms with van der Waals surface area (Å²) in [5.74, 6) is 0.775. The van der Waals surface area contributed by atoms with Gasteiger partial charge in [0, 0.05) is 32.2 Å². The van der Waals surface area contributed by atoms with Crippen LogP contribution in [0, 0.1) is 6.92 Å². The second-order valence-electron chi connectivity index (χ2n) is 8.82. The van der Waals surface area contributed by atoms with Crippen LogP contribution in [0.2, 0.25) is 0 Å². The average molecular weight is 404 g/mol. The van der Waals surface area contributed by atoms with Gasteiger partial charge >= 0.3 is 6.03 Å². The molecule has 1 aromatic rings. The fourth-order valence-corrected chi connectivity index (χ4v) is 3.64. The fourth-order valence-electron chi connectivity index (χ4n) is 3.64. The minimum Gasteiger partial charge on any atom is -0.483 e. The summed E-state index contributed by atoms with van der Waals surface area (Å²) in [7, 11) is 0. The van der Waals surface area contributed by atoms with E-state index in [-0.39, 0.29) is 30.0 Å². The number of piperidine rings is 1. The van der Waals surface area contributed by atoms with E-state index in [1.165, 1.54) is 5.56 Å². The molecule has 3 amide bonds. The quantitative estimate of drug-likeness (QED) is 0.788. The molecule has 0 bridgehead atoms. The SMILES string of the molecule is CCN(CC)C(=O)NC1CCN(C(=O)COc2ccc(C)cc2C(C)(C)C)CC1. The van der Waals surface area contributed by atoms with Crippen molar-refractivity contribution in [1.82, 2.24) is 15.1 Å². The highest BCUT2D eigenvalue weighted by molar-refractivity contribution is 5.78. The highest BCUT2D eigenvalue weighted by Gasteiger charge is 2.26. The van der Waals surface area contributed by atoms with E-state index < -0.39 is 0 Å². The molecular weight excluding hydrogens is 366 g/mol. The number of hydrogen-bond acceptors (Lipinski definition) is 3. The van der Waals surface area contributed by atoms with Gasteiger partial charge in [-0.15, -0.1) is 0 Å². The van der Waals surface area contributed by atoms with Crippen LogP contribution in [-0.4, -0.2) is 60.6 Å². The van der Waals surface area contributed by atoms with Gasteiger partial charge in [0.2, 0.25) is 0 Å². The molecule has 1 saturated heterocycles. The summed E-state index contributed by atoms with van der Waals surface area (Å²) in [6, 6.07) is 6.20. The van der Waals surface area contributed by atoms with Crippen molar-refractivity contribution in [3.63, 3.8) is 0 Å². The van der Waals surface area contributed by atoms with Crippen LogP contribution < -0.4 is 10.1 Å². The van der Waals surface area contributed by atoms with Crippen LogP contribution in [0.4, 0.5) is 4.79 Å². The molecule has 2 rings (SSSR count). The van der Waals surface area contributed by atoms with Crippen LogP contribution in [-0.2, 0) is 10.2 Å². The molecule has 1 aromatic carbocycles. The molecule has 1 N–H and O–H groups in total. The van der Waals surface area contributed by atoms with E-state index in [4.69, 9.17) is 4.74 Å². The molecule has 0 aromatic heterocycles. The Hall–Kier alpha value is -2.24. The third-order valence-corrected chi connectivity index (χ3v) is 5.52. The fraction of sp³-hybridized carbons (Fsp3) is 0.652. The smallest absolute Gasteiger partial charge is 0.317 e. The van der Waals surface area contributed by atoms with Gasteiger partial charge in [0.25, 0.3) is 5.91 Å². The maximum atomic E-state index is 12.6. The van der Waals surface area contributed by atoms with Gasteiger partial charge in [-0.2, -0.15) is 0 Å². The highest BCUT2D eigenvalue weighted by atomic mass is 16.5. The first kappa shape index (κ1) is 23.0. The Morgan fingerprint density at radius 2 is 1.79 bits per heavy atom. The summed E-state index contributed by atoms with van der Waals surface area (Å²) < 4.78 is 5.92. The number of urea groups is 1. The number of amides is 3. The molecule has 0 radical (unpaired) electrons. The number of nitrogens with zero attached hydrogens (tertiary/aromatic N) is 2. The Balaban J connectivity index is 1.86. The molecule has 0 unspecified atom stereocenters. The maximum absolute atomic E-state index is 12.6. The number of ether oxygens (including phenoxy) is 1. The Morgan fingerprint density at radius 1 is 1.17 bits per heavy atom. The van der Waals surface area contributed by atoms with E-state index in [0.29, 0.717) is 26.2 Å². The number of hydrogen-bond donors (Lipinski definition) is 1. The predicted molar refractivity (Wildman–Crippen MR) is 116 cm³/mol. The summed E-state index contributed by atoms with van der Waals surface area (Å²) in [4.78, 5) is 28.4. The lowest BCUT2D eigenvalue weighted by Crippen LogP contribution is -2.50. The Labute approximate surface area is 175 Å². The molecule has 1 aliphatic rings. The maximum Gasteiger partial charge on any atom is 0.317 e. The number of aryl methyl sites for hydroxylation is 1. The van der Waals surface area contributed by atoms with Crippen molar-refractivity contribution in [1.29, 1.82) is 0 Å². The number of carbonyl (C=O) groups excluding carboxylic acids is 2. The predicted octanol–water partition coefficient (Wildman–Crippen LogP) is 3.71. The Bertz CT molecular complexity index is 700. The molecule has 0 aliphatic carbocycles. The Morgan fingerprint density at radius 3 is 2.34 bits per heavy atom. The van der Waals surface area contributed by atoms with Crippen molar-refractivity contribution in [2.24, 2.45) is 0 Å². The minimum atomic E-state index is -0.0498. The second kappa shape index (κ2) is 9.99. The van der Waals surface area contributed by atoms with E-state index >= 15 is 0 Å². The van der Waals surface area contributed by atoms with Gasteiger partial charge in [-0.1, -0.05) is 38.5 Å². The normalized spacial score (nSPS) is 15.2. The molecular formula is C23H37N3O3. The molecule has 29 heavy (non-hydrogen) atoms. The third kappa shape index (κ3) is 6.38. The second-order valence-corrected chi connectivity index (χ2v) is 8.82. The summed E-state index contributed by atoms with van der Waals surface area (Å²) >= 11 is 0. The van der Waals surface area contributed by atoms with Crippen LogP contribution in [0.1, 0.15) is 58.6 Å². The van der Waals surface area contributed by atoms with Crippen molar-refractivity contribution in [3.05, 3.63) is 29.3 Å². The van der Waals surface area contributed by atoms with Crippen LogP contribution >= 0.6 is 0 Å². The molecule has 0 saturated carbocycles. The zero-order valence-corrected chi connectivity index (χ0v) is 18.9. The van der Waals surface area contributed by atoms with Crippen LogP contribution in [0.15, 0.2) is 18.2 Å². The molecule has 0 spiro atoms. The lowest BCUT2D eigenvalue weighted by atomic mass is 9.85. The van der Waals surface area contributed by atoms with Crippen molar-refractivity contribution in [3.8, 4) is 5.75 Å². The molecule has 6 nitrogen and oxygen atoms in total. The van der Waals surface area contributed by atoms with Gasteiger partial charge in [-0.05, 0) is 50.7 Å². The number of likely N-dealkylation sites (tertiary alicyclic amines) is 1. The summed E-state index contributed by atoms with van der Waals surface area (Å²) in [5, 5.41) is 3.09. The lowest BCUT2D eigenvalue weighted by molar-refractivity contribution is -0.134. The first-order valence-corrected chi connectivity index (χ1v) is 10.7.